The van der Waals surface area contributed by atoms with Crippen LogP contribution in [0.1, 0.15) is 0 Å². The predicted molar refractivity (Wildman–Crippen MR) is 618 cm³/mol. The maximum Gasteiger partial charge on any atom is 0.0548 e. The lowest BCUT2D eigenvalue weighted by Crippen LogP contribution is -2.00. The molecular formula is C138H91N9. The van der Waals surface area contributed by atoms with Gasteiger partial charge in [0.2, 0.25) is 0 Å². The first-order chi connectivity index (χ1) is 73.0. The SMILES string of the molecule is c1ccc(-c2cc(-n3c4ccccc4c4cc(-c5ccccc5)ccc43)cc(-n3c4ccccc4c4c5ccn(-c6ccccc6)c5ccc43)c2)cc1.c1ccc(-c2cc(-n3c4ccccc4c4ccccc43)cc(-n3c4ccccc4c4c5ccn(-c6ccccc6)c5ccc43)c2)cc1.c1ccc(-c2ccc3c(c2)c2ccccc2n3-c2cccc(-n3c4ccccc4c4c5ccn(-c6ccccc6)c5ccc43)c2)cc1. The van der Waals surface area contributed by atoms with Gasteiger partial charge in [-0.2, -0.15) is 0 Å². The van der Waals surface area contributed by atoms with Crippen molar-refractivity contribution in [2.75, 3.05) is 0 Å². The van der Waals surface area contributed by atoms with Crippen LogP contribution >= 0.6 is 0 Å². The van der Waals surface area contributed by atoms with Crippen LogP contribution in [0.3, 0.4) is 0 Å². The molecule has 0 amide bonds. The van der Waals surface area contributed by atoms with E-state index in [1.165, 1.54) is 214 Å². The molecule has 0 fully saturated rings. The molecule has 0 aliphatic carbocycles. The maximum atomic E-state index is 2.46. The van der Waals surface area contributed by atoms with E-state index in [9.17, 15) is 0 Å². The molecule has 0 bridgehead atoms. The molecule has 9 nitrogen and oxygen atoms in total. The molecule has 0 saturated carbocycles. The van der Waals surface area contributed by atoms with Gasteiger partial charge < -0.3 is 41.1 Å². The Hall–Kier alpha value is -19.7. The molecule has 0 aliphatic heterocycles. The predicted octanol–water partition coefficient (Wildman–Crippen LogP) is 36.1. The van der Waals surface area contributed by atoms with E-state index in [2.05, 4.69) is 594 Å². The van der Waals surface area contributed by atoms with E-state index >= 15 is 0 Å². The molecule has 0 unspecified atom stereocenters. The molecule has 31 aromatic rings. The Morgan fingerprint density at radius 3 is 0.599 bits per heavy atom. The Morgan fingerprint density at radius 1 is 0.0952 bits per heavy atom. The van der Waals surface area contributed by atoms with Crippen LogP contribution in [0.4, 0.5) is 0 Å². The first kappa shape index (κ1) is 84.2. The van der Waals surface area contributed by atoms with Gasteiger partial charge in [0.25, 0.3) is 0 Å². The van der Waals surface area contributed by atoms with Crippen LogP contribution in [0.15, 0.2) is 552 Å². The zero-order valence-electron chi connectivity index (χ0n) is 80.1. The molecule has 0 saturated heterocycles. The van der Waals surface area contributed by atoms with Gasteiger partial charge in [0, 0.05) is 151 Å². The summed E-state index contributed by atoms with van der Waals surface area (Å²) in [5.41, 5.74) is 37.9. The standard InChI is InChI=1S/C50H33N3.2C44H29N3/c1-4-14-34(15-5-1)36-24-25-48-44(32-36)41-20-10-12-22-46(41)52(48)39-30-37(35-16-6-2-7-17-35)31-40(33-39)53-47-23-13-11-21-42(47)50-43-28-29-51(38-18-8-3-9-19-38)45(43)26-27-49(50)53;1-3-13-30(14-4-1)31-27-33(46-40-20-10-7-17-35(40)36-18-8-11-21-41(36)46)29-34(28-31)47-42-22-12-9-19-37(42)44-38-25-26-45(32-15-5-2-6-16-32)39(38)23-24-43(44)47;1-3-12-30(13-4-1)31-22-23-42-38(28-31)35-18-7-9-20-40(35)46(42)33-16-11-17-34(29-33)47-41-21-10-8-19-36(41)44-37-26-27-45(32-14-5-2-6-15-32)39(37)24-25-43(44)47/h1-33H;2*1-29H. The van der Waals surface area contributed by atoms with E-state index in [0.717, 1.165) is 45.5 Å². The Kier molecular flexibility index (Phi) is 19.8. The second kappa shape index (κ2) is 34.6. The zero-order chi connectivity index (χ0) is 96.7. The van der Waals surface area contributed by atoms with Gasteiger partial charge in [0.15, 0.2) is 0 Å². The van der Waals surface area contributed by atoms with Crippen LogP contribution in [-0.4, -0.2) is 41.1 Å². The largest absolute Gasteiger partial charge is 0.317 e. The van der Waals surface area contributed by atoms with Gasteiger partial charge in [-0.05, 0) is 257 Å². The summed E-state index contributed by atoms with van der Waals surface area (Å²) in [4.78, 5) is 0. The Morgan fingerprint density at radius 2 is 0.293 bits per heavy atom. The Bertz CT molecular complexity index is 10600. The summed E-state index contributed by atoms with van der Waals surface area (Å²) in [5.74, 6) is 0. The fourth-order valence-corrected chi connectivity index (χ4v) is 23.7. The fourth-order valence-electron chi connectivity index (χ4n) is 23.7. The van der Waals surface area contributed by atoms with Crippen LogP contribution in [0.25, 0.3) is 259 Å². The summed E-state index contributed by atoms with van der Waals surface area (Å²) >= 11 is 0. The van der Waals surface area contributed by atoms with Crippen molar-refractivity contribution in [1.82, 2.24) is 41.1 Å². The van der Waals surface area contributed by atoms with Crippen molar-refractivity contribution in [3.8, 4) is 95.7 Å². The average molecular weight is 1880 g/mol. The molecule has 9 heteroatoms. The minimum Gasteiger partial charge on any atom is -0.317 e. The number of benzene rings is 22. The number of hydrogen-bond donors (Lipinski definition) is 0. The molecule has 0 spiro atoms. The molecule has 0 N–H and O–H groups in total. The molecule has 0 aliphatic rings. The summed E-state index contributed by atoms with van der Waals surface area (Å²) in [7, 11) is 0. The minimum atomic E-state index is 1.13. The number of nitrogens with zero attached hydrogens (tertiary/aromatic N) is 9. The van der Waals surface area contributed by atoms with Gasteiger partial charge in [0.1, 0.15) is 0 Å². The highest BCUT2D eigenvalue weighted by molar-refractivity contribution is 6.25. The minimum absolute atomic E-state index is 1.13. The van der Waals surface area contributed by atoms with Crippen LogP contribution in [0.5, 0.6) is 0 Å². The topological polar surface area (TPSA) is 44.4 Å². The van der Waals surface area contributed by atoms with Crippen molar-refractivity contribution in [1.29, 1.82) is 0 Å². The lowest BCUT2D eigenvalue weighted by Gasteiger charge is -2.16. The summed E-state index contributed by atoms with van der Waals surface area (Å²) in [6.45, 7) is 0. The Labute approximate surface area is 846 Å². The third kappa shape index (κ3) is 13.8. The molecule has 0 radical (unpaired) electrons. The highest BCUT2D eigenvalue weighted by atomic mass is 15.1. The van der Waals surface area contributed by atoms with Crippen molar-refractivity contribution < 1.29 is 0 Å². The molecule has 0 atom stereocenters. The summed E-state index contributed by atoms with van der Waals surface area (Å²) in [6, 6.07) is 193. The van der Waals surface area contributed by atoms with Gasteiger partial charge in [0.05, 0.1) is 82.8 Å². The number of para-hydroxylation sites is 10. The molecule has 22 aromatic carbocycles. The third-order valence-electron chi connectivity index (χ3n) is 30.2. The van der Waals surface area contributed by atoms with E-state index in [0.29, 0.717) is 0 Å². The second-order valence-corrected chi connectivity index (χ2v) is 38.3. The molecule has 9 heterocycles. The van der Waals surface area contributed by atoms with Crippen LogP contribution < -0.4 is 0 Å². The van der Waals surface area contributed by atoms with Crippen molar-refractivity contribution in [3.63, 3.8) is 0 Å². The molecule has 31 rings (SSSR count). The molecule has 688 valence electrons. The third-order valence-corrected chi connectivity index (χ3v) is 30.2. The van der Waals surface area contributed by atoms with E-state index in [4.69, 9.17) is 0 Å². The highest BCUT2D eigenvalue weighted by Crippen LogP contribution is 2.48. The van der Waals surface area contributed by atoms with Gasteiger partial charge in [-0.1, -0.05) is 322 Å². The van der Waals surface area contributed by atoms with E-state index in [-0.39, 0.29) is 0 Å². The normalized spacial score (nSPS) is 11.8. The monoisotopic (exact) mass is 1870 g/mol. The fraction of sp³-hybridized carbons (Fsp3) is 0. The van der Waals surface area contributed by atoms with E-state index in [1.807, 2.05) is 0 Å². The van der Waals surface area contributed by atoms with E-state index in [1.54, 1.807) is 0 Å². The highest BCUT2D eigenvalue weighted by Gasteiger charge is 2.26. The quantitative estimate of drug-likeness (QED) is 0.110. The molecular weight excluding hydrogens is 1780 g/mol. The number of fused-ring (bicyclic) bond motifs is 24. The van der Waals surface area contributed by atoms with Gasteiger partial charge >= 0.3 is 0 Å². The first-order valence-electron chi connectivity index (χ1n) is 50.4. The lowest BCUT2D eigenvalue weighted by molar-refractivity contribution is 1.12. The van der Waals surface area contributed by atoms with Gasteiger partial charge in [-0.3, -0.25) is 0 Å². The maximum absolute atomic E-state index is 2.46. The molecule has 147 heavy (non-hydrogen) atoms. The smallest absolute Gasteiger partial charge is 0.0548 e. The summed E-state index contributed by atoms with van der Waals surface area (Å²) in [5, 5.41) is 18.9. The lowest BCUT2D eigenvalue weighted by atomic mass is 10.0. The summed E-state index contributed by atoms with van der Waals surface area (Å²) < 4.78 is 21.5. The summed E-state index contributed by atoms with van der Waals surface area (Å²) in [6.07, 6.45) is 6.59. The van der Waals surface area contributed by atoms with Crippen molar-refractivity contribution in [3.05, 3.63) is 552 Å². The van der Waals surface area contributed by atoms with Crippen LogP contribution in [0, 0.1) is 0 Å². The first-order valence-corrected chi connectivity index (χ1v) is 50.4. The zero-order valence-corrected chi connectivity index (χ0v) is 80.1. The van der Waals surface area contributed by atoms with Crippen molar-refractivity contribution >= 4 is 164 Å². The number of aromatic nitrogens is 9. The van der Waals surface area contributed by atoms with Crippen molar-refractivity contribution in [2.24, 2.45) is 0 Å². The number of rotatable bonds is 13. The number of hydrogen-bond acceptors (Lipinski definition) is 0. The average Bonchev–Trinajstić information content (AvgIpc) is 1.57. The second-order valence-electron chi connectivity index (χ2n) is 38.3. The van der Waals surface area contributed by atoms with Gasteiger partial charge in [-0.25, -0.2) is 0 Å². The molecule has 9 aromatic heterocycles. The van der Waals surface area contributed by atoms with Crippen LogP contribution in [-0.2, 0) is 0 Å². The van der Waals surface area contributed by atoms with Gasteiger partial charge in [-0.15, -0.1) is 0 Å². The van der Waals surface area contributed by atoms with Crippen molar-refractivity contribution in [2.45, 2.75) is 0 Å². The van der Waals surface area contributed by atoms with Crippen LogP contribution in [0.2, 0.25) is 0 Å². The van der Waals surface area contributed by atoms with E-state index < -0.39 is 0 Å². The Balaban J connectivity index is 0.000000104.